The minimum absolute atomic E-state index is 0.316. The predicted molar refractivity (Wildman–Crippen MR) is 85.9 cm³/mol. The second kappa shape index (κ2) is 6.06. The molecule has 0 spiro atoms. The van der Waals surface area contributed by atoms with Crippen LogP contribution in [0.1, 0.15) is 44.0 Å². The lowest BCUT2D eigenvalue weighted by atomic mass is 9.83. The zero-order valence-corrected chi connectivity index (χ0v) is 12.9. The number of thiazole rings is 1. The highest BCUT2D eigenvalue weighted by Crippen LogP contribution is 2.28. The van der Waals surface area contributed by atoms with Crippen molar-refractivity contribution in [2.24, 2.45) is 0 Å². The molecule has 0 bridgehead atoms. The van der Waals surface area contributed by atoms with Crippen molar-refractivity contribution in [2.75, 3.05) is 0 Å². The minimum Gasteiger partial charge on any atom is -0.305 e. The van der Waals surface area contributed by atoms with E-state index in [1.54, 1.807) is 11.3 Å². The fourth-order valence-electron chi connectivity index (χ4n) is 2.93. The molecule has 20 heavy (non-hydrogen) atoms. The van der Waals surface area contributed by atoms with Gasteiger partial charge in [-0.1, -0.05) is 49.6 Å². The molecule has 1 fully saturated rings. The maximum atomic E-state index is 4.75. The van der Waals surface area contributed by atoms with Gasteiger partial charge in [0.2, 0.25) is 0 Å². The zero-order valence-electron chi connectivity index (χ0n) is 12.1. The van der Waals surface area contributed by atoms with Gasteiger partial charge in [-0.2, -0.15) is 0 Å². The van der Waals surface area contributed by atoms with Gasteiger partial charge in [0, 0.05) is 23.0 Å². The fourth-order valence-corrected chi connectivity index (χ4v) is 3.67. The van der Waals surface area contributed by atoms with E-state index in [2.05, 4.69) is 41.9 Å². The van der Waals surface area contributed by atoms with Gasteiger partial charge in [-0.25, -0.2) is 4.98 Å². The molecular formula is C17H22N2S. The molecule has 1 aliphatic carbocycles. The molecule has 0 amide bonds. The van der Waals surface area contributed by atoms with Crippen molar-refractivity contribution in [1.29, 1.82) is 0 Å². The van der Waals surface area contributed by atoms with Gasteiger partial charge >= 0.3 is 0 Å². The van der Waals surface area contributed by atoms with Crippen LogP contribution in [-0.2, 0) is 6.54 Å². The number of rotatable bonds is 4. The number of hydrogen-bond donors (Lipinski definition) is 1. The van der Waals surface area contributed by atoms with Crippen LogP contribution in [0.4, 0.5) is 0 Å². The molecule has 0 radical (unpaired) electrons. The predicted octanol–water partition coefficient (Wildman–Crippen LogP) is 4.62. The zero-order chi connectivity index (χ0) is 13.8. The van der Waals surface area contributed by atoms with Gasteiger partial charge in [0.15, 0.2) is 0 Å². The van der Waals surface area contributed by atoms with Gasteiger partial charge in [0.05, 0.1) is 5.69 Å². The van der Waals surface area contributed by atoms with E-state index in [0.717, 1.165) is 12.2 Å². The Morgan fingerprint density at radius 3 is 2.65 bits per heavy atom. The van der Waals surface area contributed by atoms with Crippen molar-refractivity contribution in [2.45, 2.75) is 51.1 Å². The second-order valence-corrected chi connectivity index (χ2v) is 6.91. The van der Waals surface area contributed by atoms with E-state index in [-0.39, 0.29) is 0 Å². The Kier molecular flexibility index (Phi) is 4.18. The molecule has 2 nitrogen and oxygen atoms in total. The highest BCUT2D eigenvalue weighted by Gasteiger charge is 2.26. The summed E-state index contributed by atoms with van der Waals surface area (Å²) in [4.78, 5) is 4.75. The second-order valence-electron chi connectivity index (χ2n) is 5.97. The van der Waals surface area contributed by atoms with Gasteiger partial charge in [-0.15, -0.1) is 11.3 Å². The number of hydrogen-bond acceptors (Lipinski definition) is 3. The molecule has 1 aliphatic rings. The first kappa shape index (κ1) is 13.8. The maximum absolute atomic E-state index is 4.75. The molecule has 106 valence electrons. The molecule has 0 aliphatic heterocycles. The van der Waals surface area contributed by atoms with Crippen molar-refractivity contribution in [3.8, 4) is 11.3 Å². The molecule has 1 saturated carbocycles. The van der Waals surface area contributed by atoms with Crippen molar-refractivity contribution >= 4 is 11.3 Å². The van der Waals surface area contributed by atoms with E-state index >= 15 is 0 Å². The lowest BCUT2D eigenvalue weighted by Crippen LogP contribution is -2.43. The van der Waals surface area contributed by atoms with Crippen LogP contribution in [0.25, 0.3) is 11.3 Å². The van der Waals surface area contributed by atoms with Crippen molar-refractivity contribution in [3.05, 3.63) is 40.7 Å². The van der Waals surface area contributed by atoms with Crippen LogP contribution in [0.15, 0.2) is 35.7 Å². The Labute approximate surface area is 125 Å². The Bertz CT molecular complexity index is 541. The smallest absolute Gasteiger partial charge is 0.107 e. The Hall–Kier alpha value is -1.19. The van der Waals surface area contributed by atoms with E-state index in [0.29, 0.717) is 5.54 Å². The highest BCUT2D eigenvalue weighted by atomic mass is 32.1. The molecule has 1 N–H and O–H groups in total. The molecule has 2 aromatic rings. The lowest BCUT2D eigenvalue weighted by molar-refractivity contribution is 0.252. The van der Waals surface area contributed by atoms with Crippen molar-refractivity contribution in [3.63, 3.8) is 0 Å². The van der Waals surface area contributed by atoms with Crippen LogP contribution < -0.4 is 5.32 Å². The topological polar surface area (TPSA) is 24.9 Å². The monoisotopic (exact) mass is 286 g/mol. The third-order valence-corrected chi connectivity index (χ3v) is 5.09. The van der Waals surface area contributed by atoms with E-state index in [1.807, 2.05) is 6.07 Å². The summed E-state index contributed by atoms with van der Waals surface area (Å²) in [6.45, 7) is 3.26. The fraction of sp³-hybridized carbons (Fsp3) is 0.471. The van der Waals surface area contributed by atoms with Crippen LogP contribution in [0.2, 0.25) is 0 Å². The summed E-state index contributed by atoms with van der Waals surface area (Å²) in [6.07, 6.45) is 6.70. The molecule has 1 aromatic heterocycles. The van der Waals surface area contributed by atoms with Crippen molar-refractivity contribution in [1.82, 2.24) is 10.3 Å². The quantitative estimate of drug-likeness (QED) is 0.887. The summed E-state index contributed by atoms with van der Waals surface area (Å²) in [5.74, 6) is 0. The van der Waals surface area contributed by atoms with Crippen molar-refractivity contribution < 1.29 is 0 Å². The van der Waals surface area contributed by atoms with Crippen LogP contribution in [0.3, 0.4) is 0 Å². The molecule has 0 atom stereocenters. The number of nitrogens with zero attached hydrogens (tertiary/aromatic N) is 1. The minimum atomic E-state index is 0.316. The van der Waals surface area contributed by atoms with E-state index < -0.39 is 0 Å². The number of aromatic nitrogens is 1. The molecule has 0 unspecified atom stereocenters. The van der Waals surface area contributed by atoms with Crippen LogP contribution in [-0.4, -0.2) is 10.5 Å². The normalized spacial score (nSPS) is 18.1. The third-order valence-electron chi connectivity index (χ3n) is 4.24. The van der Waals surface area contributed by atoms with E-state index in [1.165, 1.54) is 42.7 Å². The first-order valence-corrected chi connectivity index (χ1v) is 8.38. The summed E-state index contributed by atoms with van der Waals surface area (Å²) in [7, 11) is 0. The largest absolute Gasteiger partial charge is 0.305 e. The Balaban J connectivity index is 1.63. The highest BCUT2D eigenvalue weighted by molar-refractivity contribution is 7.09. The summed E-state index contributed by atoms with van der Waals surface area (Å²) < 4.78 is 0. The van der Waals surface area contributed by atoms with Crippen LogP contribution in [0.5, 0.6) is 0 Å². The van der Waals surface area contributed by atoms with E-state index in [9.17, 15) is 0 Å². The third kappa shape index (κ3) is 3.28. The molecule has 0 saturated heterocycles. The van der Waals surface area contributed by atoms with Crippen LogP contribution in [0, 0.1) is 0 Å². The molecule has 1 aromatic carbocycles. The van der Waals surface area contributed by atoms with Gasteiger partial charge in [-0.3, -0.25) is 0 Å². The molecular weight excluding hydrogens is 264 g/mol. The SMILES string of the molecule is CC1(NCc2nc(-c3ccccc3)cs2)CCCCC1. The van der Waals surface area contributed by atoms with E-state index in [4.69, 9.17) is 4.98 Å². The van der Waals surface area contributed by atoms with Gasteiger partial charge in [0.25, 0.3) is 0 Å². The average molecular weight is 286 g/mol. The Morgan fingerprint density at radius 1 is 1.15 bits per heavy atom. The summed E-state index contributed by atoms with van der Waals surface area (Å²) >= 11 is 1.76. The summed E-state index contributed by atoms with van der Waals surface area (Å²) in [5.41, 5.74) is 2.62. The number of nitrogens with one attached hydrogen (secondary N) is 1. The average Bonchev–Trinajstić information content (AvgIpc) is 2.96. The number of benzene rings is 1. The Morgan fingerprint density at radius 2 is 1.90 bits per heavy atom. The van der Waals surface area contributed by atoms with Gasteiger partial charge in [0.1, 0.15) is 5.01 Å². The molecule has 1 heterocycles. The molecule has 3 rings (SSSR count). The summed E-state index contributed by atoms with van der Waals surface area (Å²) in [5, 5.41) is 7.08. The standard InChI is InChI=1S/C17H22N2S/c1-17(10-6-3-7-11-17)18-12-16-19-15(13-20-16)14-8-4-2-5-9-14/h2,4-5,8-9,13,18H,3,6-7,10-12H2,1H3. The van der Waals surface area contributed by atoms with Gasteiger partial charge in [-0.05, 0) is 19.8 Å². The molecule has 3 heteroatoms. The lowest BCUT2D eigenvalue weighted by Gasteiger charge is -2.34. The van der Waals surface area contributed by atoms with Crippen LogP contribution >= 0.6 is 11.3 Å². The summed E-state index contributed by atoms with van der Waals surface area (Å²) in [6, 6.07) is 10.4. The maximum Gasteiger partial charge on any atom is 0.107 e. The van der Waals surface area contributed by atoms with Gasteiger partial charge < -0.3 is 5.32 Å². The first-order chi connectivity index (χ1) is 9.75. The first-order valence-electron chi connectivity index (χ1n) is 7.50.